The van der Waals surface area contributed by atoms with E-state index < -0.39 is 0 Å². The van der Waals surface area contributed by atoms with Crippen molar-refractivity contribution in [2.45, 2.75) is 93.2 Å². The first kappa shape index (κ1) is 25.5. The summed E-state index contributed by atoms with van der Waals surface area (Å²) in [7, 11) is 8.65. The molecule has 0 aromatic carbocycles. The first-order chi connectivity index (χ1) is 11.6. The molecular formula is C24H48N2. The molecule has 0 saturated carbocycles. The standard InChI is InChI=1S/C24H48N2/c1-19(17-23(3,4)5)15-21(25(9)10)13-14-22(26(11)12)16-20(2)18-24(6,7)8/h19-22H,15-18H2,1-12H3/t19-,20+,21+,22-. The molecule has 2 heteroatoms. The van der Waals surface area contributed by atoms with E-state index in [4.69, 9.17) is 0 Å². The second-order valence-electron chi connectivity index (χ2n) is 11.5. The molecule has 0 N–H and O–H groups in total. The Balaban J connectivity index is 5.03. The largest absolute Gasteiger partial charge is 0.296 e. The fourth-order valence-electron chi connectivity index (χ4n) is 4.01. The van der Waals surface area contributed by atoms with Gasteiger partial charge in [0.25, 0.3) is 0 Å². The molecular weight excluding hydrogens is 316 g/mol. The average Bonchev–Trinajstić information content (AvgIpc) is 2.36. The molecule has 0 amide bonds. The zero-order valence-corrected chi connectivity index (χ0v) is 20.0. The van der Waals surface area contributed by atoms with Gasteiger partial charge in [0, 0.05) is 0 Å². The van der Waals surface area contributed by atoms with Crippen LogP contribution in [0.3, 0.4) is 0 Å². The lowest BCUT2D eigenvalue weighted by atomic mass is 9.82. The summed E-state index contributed by atoms with van der Waals surface area (Å²) in [5, 5.41) is 0. The van der Waals surface area contributed by atoms with Crippen LogP contribution in [0.1, 0.15) is 81.1 Å². The molecule has 0 saturated heterocycles. The van der Waals surface area contributed by atoms with Crippen molar-refractivity contribution in [2.75, 3.05) is 28.2 Å². The van der Waals surface area contributed by atoms with E-state index in [1.165, 1.54) is 12.8 Å². The summed E-state index contributed by atoms with van der Waals surface area (Å²) in [4.78, 5) is 4.58. The van der Waals surface area contributed by atoms with Gasteiger partial charge >= 0.3 is 0 Å². The molecule has 0 radical (unpaired) electrons. The van der Waals surface area contributed by atoms with Crippen LogP contribution < -0.4 is 0 Å². The highest BCUT2D eigenvalue weighted by Crippen LogP contribution is 2.28. The fourth-order valence-corrected chi connectivity index (χ4v) is 4.01. The lowest BCUT2D eigenvalue weighted by Gasteiger charge is -2.29. The van der Waals surface area contributed by atoms with Crippen molar-refractivity contribution in [3.8, 4) is 11.8 Å². The van der Waals surface area contributed by atoms with Gasteiger partial charge in [-0.05, 0) is 76.5 Å². The summed E-state index contributed by atoms with van der Waals surface area (Å²) in [6.07, 6.45) is 4.79. The zero-order chi connectivity index (χ0) is 20.7. The first-order valence-electron chi connectivity index (χ1n) is 10.4. The normalized spacial score (nSPS) is 17.6. The molecule has 0 spiro atoms. The minimum atomic E-state index is 0.340. The van der Waals surface area contributed by atoms with Crippen molar-refractivity contribution in [2.24, 2.45) is 22.7 Å². The third-order valence-corrected chi connectivity index (χ3v) is 4.84. The van der Waals surface area contributed by atoms with E-state index >= 15 is 0 Å². The lowest BCUT2D eigenvalue weighted by molar-refractivity contribution is 0.241. The quantitative estimate of drug-likeness (QED) is 0.504. The topological polar surface area (TPSA) is 6.48 Å². The Labute approximate surface area is 166 Å². The summed E-state index contributed by atoms with van der Waals surface area (Å²) in [6.45, 7) is 18.7. The van der Waals surface area contributed by atoms with Gasteiger partial charge in [0.15, 0.2) is 0 Å². The third-order valence-electron chi connectivity index (χ3n) is 4.84. The molecule has 0 rings (SSSR count). The van der Waals surface area contributed by atoms with Gasteiger partial charge in [-0.1, -0.05) is 67.2 Å². The fraction of sp³-hybridized carbons (Fsp3) is 0.917. The first-order valence-corrected chi connectivity index (χ1v) is 10.4. The van der Waals surface area contributed by atoms with E-state index in [2.05, 4.69) is 105 Å². The zero-order valence-electron chi connectivity index (χ0n) is 20.0. The maximum absolute atomic E-state index is 3.62. The van der Waals surface area contributed by atoms with Crippen molar-refractivity contribution in [3.63, 3.8) is 0 Å². The molecule has 0 aliphatic heterocycles. The summed E-state index contributed by atoms with van der Waals surface area (Å²) in [5.74, 6) is 8.62. The number of hydrogen-bond acceptors (Lipinski definition) is 2. The smallest absolute Gasteiger partial charge is 0.0712 e. The van der Waals surface area contributed by atoms with Gasteiger partial charge in [0.1, 0.15) is 0 Å². The van der Waals surface area contributed by atoms with Crippen molar-refractivity contribution < 1.29 is 0 Å². The molecule has 4 atom stereocenters. The van der Waals surface area contributed by atoms with Gasteiger partial charge in [0.05, 0.1) is 12.1 Å². The molecule has 0 aliphatic carbocycles. The predicted octanol–water partition coefficient (Wildman–Crippen LogP) is 5.78. The molecule has 0 aromatic rings. The lowest BCUT2D eigenvalue weighted by Crippen LogP contribution is -2.32. The van der Waals surface area contributed by atoms with E-state index in [0.29, 0.717) is 34.7 Å². The Kier molecular flexibility index (Phi) is 10.5. The van der Waals surface area contributed by atoms with E-state index in [9.17, 15) is 0 Å². The van der Waals surface area contributed by atoms with Crippen LogP contribution in [0, 0.1) is 34.5 Å². The van der Waals surface area contributed by atoms with Crippen molar-refractivity contribution >= 4 is 0 Å². The molecule has 0 unspecified atom stereocenters. The van der Waals surface area contributed by atoms with Crippen molar-refractivity contribution in [1.29, 1.82) is 0 Å². The van der Waals surface area contributed by atoms with Crippen LogP contribution in [0.2, 0.25) is 0 Å². The molecule has 0 fully saturated rings. The Morgan fingerprint density at radius 2 is 0.885 bits per heavy atom. The Hall–Kier alpha value is -0.520. The average molecular weight is 365 g/mol. The monoisotopic (exact) mass is 364 g/mol. The molecule has 154 valence electrons. The summed E-state index contributed by atoms with van der Waals surface area (Å²) in [5.41, 5.74) is 0.774. The van der Waals surface area contributed by atoms with Gasteiger partial charge in [-0.15, -0.1) is 0 Å². The molecule has 26 heavy (non-hydrogen) atoms. The van der Waals surface area contributed by atoms with Gasteiger partial charge in [0.2, 0.25) is 0 Å². The SMILES string of the molecule is C[C@H](C[C@H](C#C[C@H](C[C@H](C)CC(C)(C)C)N(C)C)N(C)C)CC(C)(C)C. The summed E-state index contributed by atoms with van der Waals surface area (Å²) in [6, 6.07) is 0.681. The second kappa shape index (κ2) is 10.7. The number of rotatable bonds is 8. The van der Waals surface area contributed by atoms with Gasteiger partial charge in [-0.3, -0.25) is 9.80 Å². The number of nitrogens with zero attached hydrogens (tertiary/aromatic N) is 2. The highest BCUT2D eigenvalue weighted by molar-refractivity contribution is 5.14. The maximum Gasteiger partial charge on any atom is 0.0712 e. The minimum absolute atomic E-state index is 0.340. The van der Waals surface area contributed by atoms with E-state index in [1.807, 2.05) is 0 Å². The van der Waals surface area contributed by atoms with Gasteiger partial charge in [-0.2, -0.15) is 0 Å². The van der Waals surface area contributed by atoms with E-state index in [-0.39, 0.29) is 0 Å². The minimum Gasteiger partial charge on any atom is -0.296 e. The second-order valence-corrected chi connectivity index (χ2v) is 11.5. The van der Waals surface area contributed by atoms with Crippen LogP contribution in [0.25, 0.3) is 0 Å². The molecule has 2 nitrogen and oxygen atoms in total. The third kappa shape index (κ3) is 12.8. The van der Waals surface area contributed by atoms with Crippen LogP contribution in [0.4, 0.5) is 0 Å². The van der Waals surface area contributed by atoms with Crippen molar-refractivity contribution in [3.05, 3.63) is 0 Å². The Morgan fingerprint density at radius 1 is 0.615 bits per heavy atom. The Bertz CT molecular complexity index is 400. The van der Waals surface area contributed by atoms with Gasteiger partial charge in [-0.25, -0.2) is 0 Å². The highest BCUT2D eigenvalue weighted by Gasteiger charge is 2.21. The van der Waals surface area contributed by atoms with Crippen LogP contribution in [0.5, 0.6) is 0 Å². The van der Waals surface area contributed by atoms with Crippen LogP contribution in [-0.4, -0.2) is 50.1 Å². The maximum atomic E-state index is 3.62. The molecule has 0 aromatic heterocycles. The number of hydrogen-bond donors (Lipinski definition) is 0. The summed E-state index contributed by atoms with van der Waals surface area (Å²) < 4.78 is 0. The Morgan fingerprint density at radius 3 is 1.08 bits per heavy atom. The molecule has 0 aliphatic rings. The van der Waals surface area contributed by atoms with Crippen LogP contribution in [0.15, 0.2) is 0 Å². The highest BCUT2D eigenvalue weighted by atomic mass is 15.1. The summed E-state index contributed by atoms with van der Waals surface area (Å²) >= 11 is 0. The predicted molar refractivity (Wildman–Crippen MR) is 118 cm³/mol. The van der Waals surface area contributed by atoms with E-state index in [1.54, 1.807) is 0 Å². The molecule has 0 bridgehead atoms. The van der Waals surface area contributed by atoms with Crippen molar-refractivity contribution in [1.82, 2.24) is 9.80 Å². The van der Waals surface area contributed by atoms with Crippen LogP contribution >= 0.6 is 0 Å². The molecule has 0 heterocycles. The van der Waals surface area contributed by atoms with E-state index in [0.717, 1.165) is 12.8 Å². The van der Waals surface area contributed by atoms with Crippen LogP contribution in [-0.2, 0) is 0 Å². The van der Waals surface area contributed by atoms with Gasteiger partial charge < -0.3 is 0 Å².